The van der Waals surface area contributed by atoms with Crippen LogP contribution in [0.3, 0.4) is 0 Å². The number of benzene rings is 2. The molecule has 3 aromatic rings. The van der Waals surface area contributed by atoms with Crippen LogP contribution < -0.4 is 5.32 Å². The highest BCUT2D eigenvalue weighted by Gasteiger charge is 2.15. The van der Waals surface area contributed by atoms with Gasteiger partial charge in [-0.3, -0.25) is 4.79 Å². The van der Waals surface area contributed by atoms with Crippen molar-refractivity contribution in [3.05, 3.63) is 76.8 Å². The van der Waals surface area contributed by atoms with Gasteiger partial charge in [-0.15, -0.1) is 5.10 Å². The summed E-state index contributed by atoms with van der Waals surface area (Å²) in [7, 11) is 0. The van der Waals surface area contributed by atoms with Crippen molar-refractivity contribution in [3.63, 3.8) is 0 Å². The molecule has 1 unspecified atom stereocenters. The number of nitrogens with one attached hydrogen (secondary N) is 1. The number of halogens is 2. The van der Waals surface area contributed by atoms with Crippen molar-refractivity contribution in [3.8, 4) is 5.69 Å². The van der Waals surface area contributed by atoms with Gasteiger partial charge in [0.15, 0.2) is 5.69 Å². The Hall–Kier alpha value is -2.73. The minimum atomic E-state index is -0.361. The molecular formula is C17H14ClFN4O. The highest BCUT2D eigenvalue weighted by Crippen LogP contribution is 2.15. The molecule has 1 aromatic heterocycles. The minimum Gasteiger partial charge on any atom is -0.344 e. The lowest BCUT2D eigenvalue weighted by Gasteiger charge is -2.13. The zero-order valence-corrected chi connectivity index (χ0v) is 13.5. The van der Waals surface area contributed by atoms with Crippen LogP contribution in [0.5, 0.6) is 0 Å². The SMILES string of the molecule is CC(NC(=O)c1cn(-c2cccc(Cl)c2)nn1)c1ccc(F)cc1. The van der Waals surface area contributed by atoms with Gasteiger partial charge in [-0.05, 0) is 42.8 Å². The molecule has 24 heavy (non-hydrogen) atoms. The second-order valence-corrected chi connectivity index (χ2v) is 5.71. The molecule has 0 saturated heterocycles. The monoisotopic (exact) mass is 344 g/mol. The maximum absolute atomic E-state index is 13.0. The zero-order valence-electron chi connectivity index (χ0n) is 12.8. The van der Waals surface area contributed by atoms with E-state index in [-0.39, 0.29) is 23.5 Å². The Morgan fingerprint density at radius 2 is 2.00 bits per heavy atom. The normalized spacial score (nSPS) is 12.0. The van der Waals surface area contributed by atoms with Crippen molar-refractivity contribution in [1.82, 2.24) is 20.3 Å². The van der Waals surface area contributed by atoms with E-state index in [1.165, 1.54) is 23.0 Å². The number of hydrogen-bond acceptors (Lipinski definition) is 3. The summed E-state index contributed by atoms with van der Waals surface area (Å²) in [5.74, 6) is -0.679. The molecule has 2 aromatic carbocycles. The lowest BCUT2D eigenvalue weighted by Crippen LogP contribution is -2.27. The number of carbonyl (C=O) groups excluding carboxylic acids is 1. The average Bonchev–Trinajstić information content (AvgIpc) is 3.05. The van der Waals surface area contributed by atoms with E-state index >= 15 is 0 Å². The first-order valence-electron chi connectivity index (χ1n) is 7.27. The molecule has 1 amide bonds. The molecule has 3 rings (SSSR count). The quantitative estimate of drug-likeness (QED) is 0.787. The average molecular weight is 345 g/mol. The molecule has 0 spiro atoms. The van der Waals surface area contributed by atoms with Crippen LogP contribution in [0.25, 0.3) is 5.69 Å². The summed E-state index contributed by atoms with van der Waals surface area (Å²) in [4.78, 5) is 12.3. The lowest BCUT2D eigenvalue weighted by atomic mass is 10.1. The third-order valence-electron chi connectivity index (χ3n) is 3.52. The first-order valence-corrected chi connectivity index (χ1v) is 7.65. The summed E-state index contributed by atoms with van der Waals surface area (Å²) < 4.78 is 14.4. The molecule has 0 radical (unpaired) electrons. The van der Waals surface area contributed by atoms with Crippen LogP contribution in [0, 0.1) is 5.82 Å². The van der Waals surface area contributed by atoms with Gasteiger partial charge < -0.3 is 5.32 Å². The number of nitrogens with zero attached hydrogens (tertiary/aromatic N) is 3. The Kier molecular flexibility index (Phi) is 4.57. The maximum atomic E-state index is 13.0. The first-order chi connectivity index (χ1) is 11.5. The third-order valence-corrected chi connectivity index (χ3v) is 3.75. The molecule has 1 N–H and O–H groups in total. The highest BCUT2D eigenvalue weighted by molar-refractivity contribution is 6.30. The van der Waals surface area contributed by atoms with Crippen molar-refractivity contribution in [2.75, 3.05) is 0 Å². The fraction of sp³-hybridized carbons (Fsp3) is 0.118. The Morgan fingerprint density at radius 1 is 1.25 bits per heavy atom. The summed E-state index contributed by atoms with van der Waals surface area (Å²) in [5, 5.41) is 11.2. The summed E-state index contributed by atoms with van der Waals surface area (Å²) in [6.07, 6.45) is 1.53. The molecule has 7 heteroatoms. The fourth-order valence-electron chi connectivity index (χ4n) is 2.22. The maximum Gasteiger partial charge on any atom is 0.273 e. The molecule has 0 fully saturated rings. The van der Waals surface area contributed by atoms with Crippen LogP contribution >= 0.6 is 11.6 Å². The van der Waals surface area contributed by atoms with Crippen molar-refractivity contribution < 1.29 is 9.18 Å². The number of rotatable bonds is 4. The Labute approximate surface area is 143 Å². The third kappa shape index (κ3) is 3.60. The predicted octanol–water partition coefficient (Wildman–Crippen LogP) is 3.55. The first kappa shape index (κ1) is 16.1. The van der Waals surface area contributed by atoms with Crippen LogP contribution in [0.15, 0.2) is 54.7 Å². The molecule has 1 atom stereocenters. The van der Waals surface area contributed by atoms with Gasteiger partial charge in [0, 0.05) is 5.02 Å². The van der Waals surface area contributed by atoms with Gasteiger partial charge in [-0.25, -0.2) is 9.07 Å². The van der Waals surface area contributed by atoms with Crippen LogP contribution in [0.1, 0.15) is 29.0 Å². The molecule has 122 valence electrons. The topological polar surface area (TPSA) is 59.8 Å². The summed E-state index contributed by atoms with van der Waals surface area (Å²) in [5.41, 5.74) is 1.69. The lowest BCUT2D eigenvalue weighted by molar-refractivity contribution is 0.0935. The van der Waals surface area contributed by atoms with E-state index in [2.05, 4.69) is 15.6 Å². The van der Waals surface area contributed by atoms with Gasteiger partial charge in [-0.1, -0.05) is 35.0 Å². The molecule has 0 aliphatic rings. The van der Waals surface area contributed by atoms with E-state index in [1.807, 2.05) is 13.0 Å². The van der Waals surface area contributed by atoms with Crippen molar-refractivity contribution in [1.29, 1.82) is 0 Å². The van der Waals surface area contributed by atoms with E-state index in [1.54, 1.807) is 30.3 Å². The molecule has 0 saturated carbocycles. The van der Waals surface area contributed by atoms with E-state index in [0.717, 1.165) is 5.56 Å². The molecular weight excluding hydrogens is 331 g/mol. The van der Waals surface area contributed by atoms with Gasteiger partial charge >= 0.3 is 0 Å². The predicted molar refractivity (Wildman–Crippen MR) is 88.7 cm³/mol. The molecule has 0 aliphatic carbocycles. The molecule has 1 heterocycles. The second kappa shape index (κ2) is 6.80. The van der Waals surface area contributed by atoms with E-state index in [4.69, 9.17) is 11.6 Å². The number of amides is 1. The van der Waals surface area contributed by atoms with Crippen LogP contribution in [-0.2, 0) is 0 Å². The van der Waals surface area contributed by atoms with Crippen molar-refractivity contribution >= 4 is 17.5 Å². The van der Waals surface area contributed by atoms with Gasteiger partial charge in [0.05, 0.1) is 17.9 Å². The van der Waals surface area contributed by atoms with E-state index < -0.39 is 0 Å². The molecule has 5 nitrogen and oxygen atoms in total. The number of hydrogen-bond donors (Lipinski definition) is 1. The Balaban J connectivity index is 1.73. The highest BCUT2D eigenvalue weighted by atomic mass is 35.5. The summed E-state index contributed by atoms with van der Waals surface area (Å²) in [6.45, 7) is 1.81. The molecule has 0 aliphatic heterocycles. The Bertz CT molecular complexity index is 863. The van der Waals surface area contributed by atoms with Gasteiger partial charge in [0.1, 0.15) is 5.82 Å². The smallest absolute Gasteiger partial charge is 0.273 e. The van der Waals surface area contributed by atoms with Crippen molar-refractivity contribution in [2.24, 2.45) is 0 Å². The zero-order chi connectivity index (χ0) is 17.1. The van der Waals surface area contributed by atoms with Crippen LogP contribution in [-0.4, -0.2) is 20.9 Å². The number of aromatic nitrogens is 3. The standard InChI is InChI=1S/C17H14ClFN4O/c1-11(12-5-7-14(19)8-6-12)20-17(24)16-10-23(22-21-16)15-4-2-3-13(18)9-15/h2-11H,1H3,(H,20,24). The summed E-state index contributed by atoms with van der Waals surface area (Å²) in [6, 6.07) is 12.7. The van der Waals surface area contributed by atoms with E-state index in [9.17, 15) is 9.18 Å². The Morgan fingerprint density at radius 3 is 2.71 bits per heavy atom. The molecule has 0 bridgehead atoms. The van der Waals surface area contributed by atoms with E-state index in [0.29, 0.717) is 10.7 Å². The summed E-state index contributed by atoms with van der Waals surface area (Å²) >= 11 is 5.94. The second-order valence-electron chi connectivity index (χ2n) is 5.27. The van der Waals surface area contributed by atoms with Crippen molar-refractivity contribution in [2.45, 2.75) is 13.0 Å². The number of carbonyl (C=O) groups is 1. The van der Waals surface area contributed by atoms with Crippen LogP contribution in [0.4, 0.5) is 4.39 Å². The fourth-order valence-corrected chi connectivity index (χ4v) is 2.40. The van der Waals surface area contributed by atoms with Gasteiger partial charge in [-0.2, -0.15) is 0 Å². The largest absolute Gasteiger partial charge is 0.344 e. The van der Waals surface area contributed by atoms with Crippen LogP contribution in [0.2, 0.25) is 5.02 Å². The van der Waals surface area contributed by atoms with Gasteiger partial charge in [0.25, 0.3) is 5.91 Å². The van der Waals surface area contributed by atoms with Gasteiger partial charge in [0.2, 0.25) is 0 Å². The minimum absolute atomic E-state index is 0.184.